The molecule has 1 aliphatic carbocycles. The molecule has 0 saturated heterocycles. The van der Waals surface area contributed by atoms with Crippen molar-refractivity contribution in [3.8, 4) is 0 Å². The first-order valence-corrected chi connectivity index (χ1v) is 5.93. The summed E-state index contributed by atoms with van der Waals surface area (Å²) < 4.78 is 26.6. The molecule has 0 radical (unpaired) electrons. The van der Waals surface area contributed by atoms with Crippen molar-refractivity contribution in [3.63, 3.8) is 0 Å². The zero-order valence-corrected chi connectivity index (χ0v) is 9.95. The minimum absolute atomic E-state index is 0.00339. The van der Waals surface area contributed by atoms with Gasteiger partial charge in [0.2, 0.25) is 0 Å². The molecule has 1 saturated carbocycles. The minimum atomic E-state index is -0.941. The van der Waals surface area contributed by atoms with Gasteiger partial charge >= 0.3 is 0 Å². The van der Waals surface area contributed by atoms with Crippen LogP contribution in [-0.4, -0.2) is 11.0 Å². The fraction of sp³-hybridized carbons (Fsp3) is 0.500. The van der Waals surface area contributed by atoms with Crippen LogP contribution in [0.2, 0.25) is 0 Å². The van der Waals surface area contributed by atoms with Gasteiger partial charge in [-0.05, 0) is 25.2 Å². The van der Waals surface area contributed by atoms with Gasteiger partial charge in [0.1, 0.15) is 11.5 Å². The van der Waals surface area contributed by atoms with Crippen molar-refractivity contribution < 1.29 is 13.7 Å². The summed E-state index contributed by atoms with van der Waals surface area (Å²) in [6, 6.07) is 1.41. The van der Waals surface area contributed by atoms with Gasteiger partial charge in [-0.15, -0.1) is 0 Å². The summed E-state index contributed by atoms with van der Waals surface area (Å²) in [6.07, 6.45) is 2.84. The Bertz CT molecular complexity index is 475. The largest absolute Gasteiger partial charge is 0.374 e. The van der Waals surface area contributed by atoms with Crippen LogP contribution in [-0.2, 0) is 0 Å². The highest BCUT2D eigenvalue weighted by molar-refractivity contribution is 5.63. The predicted molar refractivity (Wildman–Crippen MR) is 63.4 cm³/mol. The average Bonchev–Trinajstić information content (AvgIpc) is 3.11. The number of rotatable bonds is 5. The molecule has 0 amide bonds. The maximum atomic E-state index is 13.6. The fourth-order valence-corrected chi connectivity index (χ4v) is 2.08. The third-order valence-electron chi connectivity index (χ3n) is 3.19. The molecule has 0 aromatic heterocycles. The lowest BCUT2D eigenvalue weighted by Gasteiger charge is -2.18. The van der Waals surface area contributed by atoms with E-state index < -0.39 is 22.2 Å². The monoisotopic (exact) mass is 256 g/mol. The zero-order valence-electron chi connectivity index (χ0n) is 9.95. The molecule has 6 heteroatoms. The lowest BCUT2D eigenvalue weighted by atomic mass is 10.1. The molecule has 1 unspecified atom stereocenters. The van der Waals surface area contributed by atoms with Crippen LogP contribution < -0.4 is 5.32 Å². The summed E-state index contributed by atoms with van der Waals surface area (Å²) in [6.45, 7) is 1.93. The highest BCUT2D eigenvalue weighted by Gasteiger charge is 2.32. The molecule has 98 valence electrons. The van der Waals surface area contributed by atoms with Crippen molar-refractivity contribution in [1.29, 1.82) is 0 Å². The van der Waals surface area contributed by atoms with E-state index in [1.54, 1.807) is 0 Å². The van der Waals surface area contributed by atoms with Crippen LogP contribution in [0.1, 0.15) is 26.2 Å². The van der Waals surface area contributed by atoms with Crippen LogP contribution in [0.4, 0.5) is 20.2 Å². The second-order valence-corrected chi connectivity index (χ2v) is 4.54. The smallest absolute Gasteiger partial charge is 0.298 e. The second kappa shape index (κ2) is 4.88. The summed E-state index contributed by atoms with van der Waals surface area (Å²) in [5.74, 6) is -1.43. The van der Waals surface area contributed by atoms with E-state index in [4.69, 9.17) is 0 Å². The summed E-state index contributed by atoms with van der Waals surface area (Å²) >= 11 is 0. The van der Waals surface area contributed by atoms with E-state index in [-0.39, 0.29) is 11.7 Å². The van der Waals surface area contributed by atoms with Crippen molar-refractivity contribution in [2.45, 2.75) is 32.2 Å². The van der Waals surface area contributed by atoms with Crippen LogP contribution in [0.25, 0.3) is 0 Å². The van der Waals surface area contributed by atoms with Gasteiger partial charge in [0.15, 0.2) is 5.82 Å². The number of hydrogen-bond donors (Lipinski definition) is 1. The molecule has 1 aliphatic rings. The minimum Gasteiger partial charge on any atom is -0.374 e. The van der Waals surface area contributed by atoms with Gasteiger partial charge in [0, 0.05) is 12.1 Å². The Morgan fingerprint density at radius 1 is 1.50 bits per heavy atom. The normalized spacial score (nSPS) is 16.4. The molecule has 1 aromatic carbocycles. The Labute approximate surface area is 103 Å². The molecule has 0 spiro atoms. The van der Waals surface area contributed by atoms with Gasteiger partial charge in [-0.25, -0.2) is 8.78 Å². The fourth-order valence-electron chi connectivity index (χ4n) is 2.08. The van der Waals surface area contributed by atoms with Crippen LogP contribution >= 0.6 is 0 Å². The van der Waals surface area contributed by atoms with E-state index in [0.717, 1.165) is 25.3 Å². The molecule has 1 N–H and O–H groups in total. The molecular weight excluding hydrogens is 242 g/mol. The SMILES string of the molecule is CCC(Nc1c(F)cc(F)cc1[N+](=O)[O-])C1CC1. The summed E-state index contributed by atoms with van der Waals surface area (Å²) in [5.41, 5.74) is -0.758. The number of hydrogen-bond acceptors (Lipinski definition) is 3. The van der Waals surface area contributed by atoms with Crippen LogP contribution in [0.5, 0.6) is 0 Å². The van der Waals surface area contributed by atoms with E-state index in [1.165, 1.54) is 0 Å². The van der Waals surface area contributed by atoms with E-state index >= 15 is 0 Å². The molecular formula is C12H14F2N2O2. The Morgan fingerprint density at radius 3 is 2.67 bits per heavy atom. The summed E-state index contributed by atoms with van der Waals surface area (Å²) in [5, 5.41) is 13.7. The third kappa shape index (κ3) is 2.57. The third-order valence-corrected chi connectivity index (χ3v) is 3.19. The van der Waals surface area contributed by atoms with Crippen molar-refractivity contribution in [2.24, 2.45) is 5.92 Å². The van der Waals surface area contributed by atoms with Crippen LogP contribution in [0.3, 0.4) is 0 Å². The van der Waals surface area contributed by atoms with Gasteiger partial charge in [-0.3, -0.25) is 10.1 Å². The Hall–Kier alpha value is -1.72. The predicted octanol–water partition coefficient (Wildman–Crippen LogP) is 3.47. The zero-order chi connectivity index (χ0) is 13.3. The first kappa shape index (κ1) is 12.7. The van der Waals surface area contributed by atoms with Crippen molar-refractivity contribution in [2.75, 3.05) is 5.32 Å². The topological polar surface area (TPSA) is 55.2 Å². The molecule has 18 heavy (non-hydrogen) atoms. The highest BCUT2D eigenvalue weighted by atomic mass is 19.1. The number of nitrogens with one attached hydrogen (secondary N) is 1. The standard InChI is InChI=1S/C12H14F2N2O2/c1-2-10(7-3-4-7)15-12-9(14)5-8(13)6-11(12)16(17)18/h5-7,10,15H,2-4H2,1H3. The van der Waals surface area contributed by atoms with Gasteiger partial charge in [0.05, 0.1) is 11.0 Å². The first-order chi connectivity index (χ1) is 8.52. The molecule has 1 atom stereocenters. The summed E-state index contributed by atoms with van der Waals surface area (Å²) in [4.78, 5) is 10.0. The number of nitro groups is 1. The molecule has 1 fully saturated rings. The number of nitro benzene ring substituents is 1. The van der Waals surface area contributed by atoms with E-state index in [2.05, 4.69) is 5.32 Å². The number of benzene rings is 1. The van der Waals surface area contributed by atoms with E-state index in [9.17, 15) is 18.9 Å². The number of anilines is 1. The lowest BCUT2D eigenvalue weighted by molar-refractivity contribution is -0.384. The molecule has 2 rings (SSSR count). The van der Waals surface area contributed by atoms with Gasteiger partial charge < -0.3 is 5.32 Å². The Balaban J connectivity index is 2.32. The summed E-state index contributed by atoms with van der Waals surface area (Å²) in [7, 11) is 0. The van der Waals surface area contributed by atoms with E-state index in [1.807, 2.05) is 6.92 Å². The Morgan fingerprint density at radius 2 is 2.17 bits per heavy atom. The quantitative estimate of drug-likeness (QED) is 0.648. The molecule has 0 bridgehead atoms. The highest BCUT2D eigenvalue weighted by Crippen LogP contribution is 2.38. The Kier molecular flexibility index (Phi) is 3.45. The van der Waals surface area contributed by atoms with Crippen LogP contribution in [0, 0.1) is 27.7 Å². The molecule has 4 nitrogen and oxygen atoms in total. The van der Waals surface area contributed by atoms with Crippen molar-refractivity contribution in [1.82, 2.24) is 0 Å². The first-order valence-electron chi connectivity index (χ1n) is 5.93. The van der Waals surface area contributed by atoms with Crippen molar-refractivity contribution in [3.05, 3.63) is 33.9 Å². The van der Waals surface area contributed by atoms with Crippen LogP contribution in [0.15, 0.2) is 12.1 Å². The molecule has 1 aromatic rings. The van der Waals surface area contributed by atoms with Gasteiger partial charge in [-0.2, -0.15) is 0 Å². The molecule has 0 heterocycles. The van der Waals surface area contributed by atoms with Gasteiger partial charge in [0.25, 0.3) is 5.69 Å². The van der Waals surface area contributed by atoms with Gasteiger partial charge in [-0.1, -0.05) is 6.92 Å². The number of nitrogens with zero attached hydrogens (tertiary/aromatic N) is 1. The van der Waals surface area contributed by atoms with Crippen molar-refractivity contribution >= 4 is 11.4 Å². The number of halogens is 2. The maximum absolute atomic E-state index is 13.6. The van der Waals surface area contributed by atoms with E-state index in [0.29, 0.717) is 12.0 Å². The second-order valence-electron chi connectivity index (χ2n) is 4.54. The maximum Gasteiger partial charge on any atom is 0.298 e. The average molecular weight is 256 g/mol. The lowest BCUT2D eigenvalue weighted by Crippen LogP contribution is -2.22. The molecule has 0 aliphatic heterocycles.